The molecule has 0 aliphatic rings. The molecule has 1 heterocycles. The standard InChI is InChI=1S/C20H24ClN7S/c1-3-27(4-2)17-11-9-15(10-12-17)13-23-24-19-25-26-20(28(19)22)29-14-16-7-5-6-8-18(16)21/h5-13H,3-4,14,22H2,1-2H3,(H,24,25)/b23-13+. The number of thioether (sulfide) groups is 1. The molecule has 3 rings (SSSR count). The molecule has 29 heavy (non-hydrogen) atoms. The van der Waals surface area contributed by atoms with E-state index in [9.17, 15) is 0 Å². The van der Waals surface area contributed by atoms with Gasteiger partial charge >= 0.3 is 0 Å². The molecule has 0 saturated carbocycles. The Balaban J connectivity index is 1.58. The van der Waals surface area contributed by atoms with E-state index in [1.807, 2.05) is 36.4 Å². The van der Waals surface area contributed by atoms with Gasteiger partial charge in [-0.25, -0.2) is 10.1 Å². The van der Waals surface area contributed by atoms with Gasteiger partial charge in [0, 0.05) is 29.6 Å². The molecule has 1 aromatic heterocycles. The zero-order valence-electron chi connectivity index (χ0n) is 16.4. The molecule has 0 spiro atoms. The zero-order chi connectivity index (χ0) is 20.6. The summed E-state index contributed by atoms with van der Waals surface area (Å²) in [5, 5.41) is 13.7. The monoisotopic (exact) mass is 429 g/mol. The summed E-state index contributed by atoms with van der Waals surface area (Å²) in [6, 6.07) is 15.9. The van der Waals surface area contributed by atoms with Crippen molar-refractivity contribution < 1.29 is 0 Å². The Morgan fingerprint density at radius 3 is 2.55 bits per heavy atom. The number of hydrogen-bond acceptors (Lipinski definition) is 7. The molecule has 0 atom stereocenters. The lowest BCUT2D eigenvalue weighted by molar-refractivity contribution is 0.847. The first-order chi connectivity index (χ1) is 14.1. The lowest BCUT2D eigenvalue weighted by atomic mass is 10.2. The fourth-order valence-electron chi connectivity index (χ4n) is 2.73. The highest BCUT2D eigenvalue weighted by Gasteiger charge is 2.10. The first-order valence-electron chi connectivity index (χ1n) is 9.33. The van der Waals surface area contributed by atoms with Crippen LogP contribution in [0.2, 0.25) is 5.02 Å². The first-order valence-corrected chi connectivity index (χ1v) is 10.7. The molecule has 9 heteroatoms. The third-order valence-corrected chi connectivity index (χ3v) is 5.74. The maximum atomic E-state index is 6.18. The summed E-state index contributed by atoms with van der Waals surface area (Å²) in [7, 11) is 0. The molecule has 0 aliphatic carbocycles. The second-order valence-electron chi connectivity index (χ2n) is 6.19. The Morgan fingerprint density at radius 1 is 1.14 bits per heavy atom. The fourth-order valence-corrected chi connectivity index (χ4v) is 3.88. The van der Waals surface area contributed by atoms with Crippen molar-refractivity contribution in [1.82, 2.24) is 14.9 Å². The van der Waals surface area contributed by atoms with Gasteiger partial charge in [0.1, 0.15) is 0 Å². The molecule has 7 nitrogen and oxygen atoms in total. The van der Waals surface area contributed by atoms with Crippen LogP contribution in [-0.2, 0) is 5.75 Å². The third kappa shape index (κ3) is 5.42. The van der Waals surface area contributed by atoms with Crippen molar-refractivity contribution in [2.45, 2.75) is 24.8 Å². The number of nitrogens with zero attached hydrogens (tertiary/aromatic N) is 5. The number of benzene rings is 2. The van der Waals surface area contributed by atoms with Crippen LogP contribution in [0.25, 0.3) is 0 Å². The Hall–Kier alpha value is -2.71. The molecule has 3 N–H and O–H groups in total. The molecular weight excluding hydrogens is 406 g/mol. The molecule has 152 valence electrons. The Bertz CT molecular complexity index is 952. The van der Waals surface area contributed by atoms with Gasteiger partial charge in [0.25, 0.3) is 5.95 Å². The van der Waals surface area contributed by atoms with Gasteiger partial charge in [-0.3, -0.25) is 0 Å². The quantitative estimate of drug-likeness (QED) is 0.229. The van der Waals surface area contributed by atoms with Gasteiger partial charge in [-0.05, 0) is 43.2 Å². The van der Waals surface area contributed by atoms with Gasteiger partial charge in [0.2, 0.25) is 5.16 Å². The van der Waals surface area contributed by atoms with E-state index in [1.54, 1.807) is 6.21 Å². The van der Waals surface area contributed by atoms with E-state index in [1.165, 1.54) is 22.1 Å². The highest BCUT2D eigenvalue weighted by Crippen LogP contribution is 2.25. The average molecular weight is 430 g/mol. The van der Waals surface area contributed by atoms with E-state index in [-0.39, 0.29) is 0 Å². The number of aromatic nitrogens is 3. The van der Waals surface area contributed by atoms with Crippen molar-refractivity contribution in [3.63, 3.8) is 0 Å². The number of nitrogens with two attached hydrogens (primary N) is 1. The van der Waals surface area contributed by atoms with Crippen LogP contribution in [0.5, 0.6) is 0 Å². The molecule has 0 bridgehead atoms. The SMILES string of the molecule is CCN(CC)c1ccc(/C=N/Nc2nnc(SCc3ccccc3Cl)n2N)cc1. The fraction of sp³-hybridized carbons (Fsp3) is 0.250. The number of nitrogen functional groups attached to an aromatic ring is 1. The molecule has 0 saturated heterocycles. The topological polar surface area (TPSA) is 84.4 Å². The molecule has 2 aromatic carbocycles. The van der Waals surface area contributed by atoms with E-state index < -0.39 is 0 Å². The maximum absolute atomic E-state index is 6.18. The highest BCUT2D eigenvalue weighted by atomic mass is 35.5. The number of rotatable bonds is 9. The third-order valence-electron chi connectivity index (χ3n) is 4.38. The maximum Gasteiger partial charge on any atom is 0.264 e. The predicted molar refractivity (Wildman–Crippen MR) is 122 cm³/mol. The van der Waals surface area contributed by atoms with Crippen LogP contribution in [0, 0.1) is 0 Å². The molecule has 0 fully saturated rings. The highest BCUT2D eigenvalue weighted by molar-refractivity contribution is 7.98. The Morgan fingerprint density at radius 2 is 1.86 bits per heavy atom. The summed E-state index contributed by atoms with van der Waals surface area (Å²) in [6.07, 6.45) is 1.72. The summed E-state index contributed by atoms with van der Waals surface area (Å²) < 4.78 is 1.38. The summed E-state index contributed by atoms with van der Waals surface area (Å²) in [5.41, 5.74) is 6.02. The number of hydrogen-bond donors (Lipinski definition) is 2. The predicted octanol–water partition coefficient (Wildman–Crippen LogP) is 4.23. The largest absolute Gasteiger partial charge is 0.372 e. The number of hydrazone groups is 1. The van der Waals surface area contributed by atoms with E-state index in [4.69, 9.17) is 17.4 Å². The summed E-state index contributed by atoms with van der Waals surface area (Å²) in [6.45, 7) is 6.25. The van der Waals surface area contributed by atoms with Crippen molar-refractivity contribution in [3.8, 4) is 0 Å². The van der Waals surface area contributed by atoms with Gasteiger partial charge < -0.3 is 10.7 Å². The second kappa shape index (κ2) is 10.2. The first kappa shape index (κ1) is 21.0. The smallest absolute Gasteiger partial charge is 0.264 e. The minimum absolute atomic E-state index is 0.364. The van der Waals surface area contributed by atoms with Gasteiger partial charge in [-0.1, -0.05) is 53.7 Å². The van der Waals surface area contributed by atoms with E-state index in [2.05, 4.69) is 51.6 Å². The van der Waals surface area contributed by atoms with Crippen molar-refractivity contribution in [2.24, 2.45) is 5.10 Å². The molecule has 0 amide bonds. The van der Waals surface area contributed by atoms with Crippen LogP contribution < -0.4 is 16.2 Å². The number of nitrogens with one attached hydrogen (secondary N) is 1. The zero-order valence-corrected chi connectivity index (χ0v) is 18.0. The lowest BCUT2D eigenvalue weighted by Crippen LogP contribution is -2.21. The van der Waals surface area contributed by atoms with Crippen molar-refractivity contribution in [1.29, 1.82) is 0 Å². The minimum Gasteiger partial charge on any atom is -0.372 e. The van der Waals surface area contributed by atoms with Crippen LogP contribution in [0.3, 0.4) is 0 Å². The van der Waals surface area contributed by atoms with Crippen LogP contribution in [0.15, 0.2) is 58.8 Å². The van der Waals surface area contributed by atoms with Gasteiger partial charge in [-0.15, -0.1) is 10.2 Å². The molecule has 3 aromatic rings. The molecular formula is C20H24ClN7S. The molecule has 0 unspecified atom stereocenters. The van der Waals surface area contributed by atoms with Crippen LogP contribution in [0.1, 0.15) is 25.0 Å². The van der Waals surface area contributed by atoms with Crippen LogP contribution >= 0.6 is 23.4 Å². The van der Waals surface area contributed by atoms with E-state index in [0.717, 1.165) is 29.2 Å². The van der Waals surface area contributed by atoms with Gasteiger partial charge in [0.15, 0.2) is 0 Å². The van der Waals surface area contributed by atoms with Gasteiger partial charge in [0.05, 0.1) is 6.21 Å². The second-order valence-corrected chi connectivity index (χ2v) is 7.54. The van der Waals surface area contributed by atoms with Crippen molar-refractivity contribution >= 4 is 41.2 Å². The average Bonchev–Trinajstić information content (AvgIpc) is 3.09. The van der Waals surface area contributed by atoms with E-state index in [0.29, 0.717) is 16.9 Å². The summed E-state index contributed by atoms with van der Waals surface area (Å²) >= 11 is 7.64. The lowest BCUT2D eigenvalue weighted by Gasteiger charge is -2.20. The summed E-state index contributed by atoms with van der Waals surface area (Å²) in [5.74, 6) is 7.08. The van der Waals surface area contributed by atoms with E-state index >= 15 is 0 Å². The Kier molecular flexibility index (Phi) is 7.37. The minimum atomic E-state index is 0.364. The normalized spacial score (nSPS) is 11.1. The molecule has 0 radical (unpaired) electrons. The van der Waals surface area contributed by atoms with Crippen molar-refractivity contribution in [2.75, 3.05) is 29.3 Å². The Labute approximate surface area is 179 Å². The number of anilines is 2. The van der Waals surface area contributed by atoms with Crippen LogP contribution in [0.4, 0.5) is 11.6 Å². The van der Waals surface area contributed by atoms with Crippen LogP contribution in [-0.4, -0.2) is 34.2 Å². The molecule has 0 aliphatic heterocycles. The van der Waals surface area contributed by atoms with Crippen molar-refractivity contribution in [3.05, 3.63) is 64.7 Å². The van der Waals surface area contributed by atoms with Gasteiger partial charge in [-0.2, -0.15) is 5.10 Å². The summed E-state index contributed by atoms with van der Waals surface area (Å²) in [4.78, 5) is 2.29. The number of halogens is 1.